The number of nitro groups is 1. The molecule has 1 saturated carbocycles. The summed E-state index contributed by atoms with van der Waals surface area (Å²) in [6, 6.07) is 4.78. The van der Waals surface area contributed by atoms with Crippen LogP contribution in [0.3, 0.4) is 0 Å². The lowest BCUT2D eigenvalue weighted by atomic mass is 9.89. The molecule has 1 aliphatic heterocycles. The largest absolute Gasteiger partial charge is 0.379 e. The van der Waals surface area contributed by atoms with Crippen LogP contribution >= 0.6 is 0 Å². The van der Waals surface area contributed by atoms with Gasteiger partial charge in [-0.2, -0.15) is 0 Å². The van der Waals surface area contributed by atoms with Crippen molar-refractivity contribution in [2.75, 3.05) is 37.9 Å². The van der Waals surface area contributed by atoms with Gasteiger partial charge in [-0.25, -0.2) is 8.42 Å². The van der Waals surface area contributed by atoms with Crippen molar-refractivity contribution in [2.24, 2.45) is 0 Å². The predicted octanol–water partition coefficient (Wildman–Crippen LogP) is 2.05. The van der Waals surface area contributed by atoms with Crippen LogP contribution in [0.1, 0.15) is 25.7 Å². The fourth-order valence-electron chi connectivity index (χ4n) is 3.76. The minimum Gasteiger partial charge on any atom is -0.379 e. The van der Waals surface area contributed by atoms with Gasteiger partial charge in [-0.15, -0.1) is 0 Å². The van der Waals surface area contributed by atoms with Crippen molar-refractivity contribution in [3.05, 3.63) is 28.3 Å². The maximum atomic E-state index is 11.6. The second kappa shape index (κ2) is 7.89. The Labute approximate surface area is 153 Å². The second-order valence-electron chi connectivity index (χ2n) is 7.01. The van der Waals surface area contributed by atoms with Crippen molar-refractivity contribution < 1.29 is 18.1 Å². The van der Waals surface area contributed by atoms with Crippen molar-refractivity contribution in [1.82, 2.24) is 4.90 Å². The standard InChI is InChI=1S/C17H25N3O5S/c1-26(23,24)15-6-7-16(17(12-15)20(21)22)18-13-2-4-14(5-3-13)19-8-10-25-11-9-19/h6-7,12-14,18H,2-5,8-11H2,1H3/t13-,14+. The van der Waals surface area contributed by atoms with Gasteiger partial charge in [0.05, 0.1) is 23.0 Å². The summed E-state index contributed by atoms with van der Waals surface area (Å²) in [6.07, 6.45) is 5.02. The van der Waals surface area contributed by atoms with Gasteiger partial charge in [0.15, 0.2) is 9.84 Å². The number of nitrogens with zero attached hydrogens (tertiary/aromatic N) is 2. The van der Waals surface area contributed by atoms with Crippen molar-refractivity contribution in [1.29, 1.82) is 0 Å². The number of hydrogen-bond donors (Lipinski definition) is 1. The SMILES string of the molecule is CS(=O)(=O)c1ccc(N[C@H]2CC[C@@H](N3CCOCC3)CC2)c([N+](=O)[O-])c1. The van der Waals surface area contributed by atoms with Crippen LogP contribution in [0, 0.1) is 10.1 Å². The first-order chi connectivity index (χ1) is 12.3. The lowest BCUT2D eigenvalue weighted by Crippen LogP contribution is -2.46. The van der Waals surface area contributed by atoms with Gasteiger partial charge in [0.1, 0.15) is 5.69 Å². The molecule has 0 bridgehead atoms. The van der Waals surface area contributed by atoms with E-state index in [9.17, 15) is 18.5 Å². The minimum absolute atomic E-state index is 0.0363. The minimum atomic E-state index is -3.48. The monoisotopic (exact) mass is 383 g/mol. The first kappa shape index (κ1) is 19.1. The molecular weight excluding hydrogens is 358 g/mol. The van der Waals surface area contributed by atoms with Crippen molar-refractivity contribution >= 4 is 21.2 Å². The zero-order valence-corrected chi connectivity index (χ0v) is 15.7. The fourth-order valence-corrected chi connectivity index (χ4v) is 4.40. The number of morpholine rings is 1. The van der Waals surface area contributed by atoms with E-state index in [2.05, 4.69) is 10.2 Å². The van der Waals surface area contributed by atoms with E-state index in [0.29, 0.717) is 11.7 Å². The summed E-state index contributed by atoms with van der Waals surface area (Å²) in [7, 11) is -3.48. The third kappa shape index (κ3) is 4.52. The van der Waals surface area contributed by atoms with Gasteiger partial charge in [-0.3, -0.25) is 15.0 Å². The van der Waals surface area contributed by atoms with E-state index in [1.54, 1.807) is 0 Å². The number of benzene rings is 1. The predicted molar refractivity (Wildman–Crippen MR) is 98.3 cm³/mol. The normalized spacial score (nSPS) is 25.0. The zero-order chi connectivity index (χ0) is 18.7. The van der Waals surface area contributed by atoms with Crippen molar-refractivity contribution in [2.45, 2.75) is 42.7 Å². The van der Waals surface area contributed by atoms with Crippen LogP contribution in [-0.2, 0) is 14.6 Å². The summed E-state index contributed by atoms with van der Waals surface area (Å²) in [5.74, 6) is 0. The van der Waals surface area contributed by atoms with Crippen LogP contribution in [0.25, 0.3) is 0 Å². The highest BCUT2D eigenvalue weighted by atomic mass is 32.2. The Kier molecular flexibility index (Phi) is 5.79. The molecule has 0 spiro atoms. The molecule has 1 N–H and O–H groups in total. The molecule has 1 saturated heterocycles. The van der Waals surface area contributed by atoms with Gasteiger partial charge >= 0.3 is 0 Å². The third-order valence-corrected chi connectivity index (χ3v) is 6.32. The Morgan fingerprint density at radius 2 is 1.85 bits per heavy atom. The average molecular weight is 383 g/mol. The molecule has 3 rings (SSSR count). The van der Waals surface area contributed by atoms with E-state index >= 15 is 0 Å². The summed E-state index contributed by atoms with van der Waals surface area (Å²) in [4.78, 5) is 13.3. The molecule has 0 aromatic heterocycles. The Hall–Kier alpha value is -1.71. The third-order valence-electron chi connectivity index (χ3n) is 5.21. The van der Waals surface area contributed by atoms with E-state index in [-0.39, 0.29) is 16.6 Å². The average Bonchev–Trinajstić information content (AvgIpc) is 2.62. The lowest BCUT2D eigenvalue weighted by Gasteiger charge is -2.39. The van der Waals surface area contributed by atoms with Crippen LogP contribution in [-0.4, -0.2) is 62.9 Å². The van der Waals surface area contributed by atoms with Gasteiger partial charge in [0.25, 0.3) is 5.69 Å². The Balaban J connectivity index is 1.65. The van der Waals surface area contributed by atoms with Gasteiger partial charge in [-0.05, 0) is 37.8 Å². The molecular formula is C17H25N3O5S. The number of hydrogen-bond acceptors (Lipinski definition) is 7. The van der Waals surface area contributed by atoms with Crippen LogP contribution in [0.5, 0.6) is 0 Å². The topological polar surface area (TPSA) is 102 Å². The van der Waals surface area contributed by atoms with Gasteiger partial charge in [-0.1, -0.05) is 0 Å². The number of sulfone groups is 1. The number of anilines is 1. The van der Waals surface area contributed by atoms with Crippen LogP contribution in [0.2, 0.25) is 0 Å². The Morgan fingerprint density at radius 1 is 1.19 bits per heavy atom. The molecule has 0 unspecified atom stereocenters. The molecule has 0 amide bonds. The van der Waals surface area contributed by atoms with Gasteiger partial charge in [0.2, 0.25) is 0 Å². The smallest absolute Gasteiger partial charge is 0.293 e. The number of ether oxygens (including phenoxy) is 1. The van der Waals surface area contributed by atoms with Gasteiger partial charge < -0.3 is 10.1 Å². The first-order valence-electron chi connectivity index (χ1n) is 8.91. The molecule has 0 radical (unpaired) electrons. The van der Waals surface area contributed by atoms with E-state index in [1.807, 2.05) is 0 Å². The number of nitro benzene ring substituents is 1. The molecule has 144 valence electrons. The first-order valence-corrected chi connectivity index (χ1v) is 10.8. The molecule has 0 atom stereocenters. The molecule has 8 nitrogen and oxygen atoms in total. The molecule has 2 aliphatic rings. The quantitative estimate of drug-likeness (QED) is 0.613. The van der Waals surface area contributed by atoms with E-state index in [0.717, 1.165) is 64.3 Å². The van der Waals surface area contributed by atoms with E-state index in [1.165, 1.54) is 12.1 Å². The highest BCUT2D eigenvalue weighted by Crippen LogP contribution is 2.31. The van der Waals surface area contributed by atoms with Crippen LogP contribution < -0.4 is 5.32 Å². The zero-order valence-electron chi connectivity index (χ0n) is 14.9. The molecule has 1 heterocycles. The number of rotatable bonds is 5. The summed E-state index contributed by atoms with van der Waals surface area (Å²) >= 11 is 0. The second-order valence-corrected chi connectivity index (χ2v) is 9.02. The maximum absolute atomic E-state index is 11.6. The highest BCUT2D eigenvalue weighted by molar-refractivity contribution is 7.90. The molecule has 1 aromatic carbocycles. The summed E-state index contributed by atoms with van der Waals surface area (Å²) in [5.41, 5.74) is 0.195. The summed E-state index contributed by atoms with van der Waals surface area (Å²) < 4.78 is 28.7. The number of nitrogens with one attached hydrogen (secondary N) is 1. The van der Waals surface area contributed by atoms with E-state index < -0.39 is 14.8 Å². The lowest BCUT2D eigenvalue weighted by molar-refractivity contribution is -0.384. The van der Waals surface area contributed by atoms with Gasteiger partial charge in [0, 0.05) is 37.5 Å². The van der Waals surface area contributed by atoms with Crippen molar-refractivity contribution in [3.63, 3.8) is 0 Å². The maximum Gasteiger partial charge on any atom is 0.293 e. The highest BCUT2D eigenvalue weighted by Gasteiger charge is 2.28. The molecule has 2 fully saturated rings. The van der Waals surface area contributed by atoms with Crippen LogP contribution in [0.15, 0.2) is 23.1 Å². The molecule has 26 heavy (non-hydrogen) atoms. The van der Waals surface area contributed by atoms with Crippen LogP contribution in [0.4, 0.5) is 11.4 Å². The summed E-state index contributed by atoms with van der Waals surface area (Å²) in [5, 5.41) is 14.6. The Bertz CT molecular complexity index is 754. The molecule has 9 heteroatoms. The summed E-state index contributed by atoms with van der Waals surface area (Å²) in [6.45, 7) is 3.52. The Morgan fingerprint density at radius 3 is 2.42 bits per heavy atom. The molecule has 1 aliphatic carbocycles. The van der Waals surface area contributed by atoms with Crippen molar-refractivity contribution in [3.8, 4) is 0 Å². The fraction of sp³-hybridized carbons (Fsp3) is 0.647. The van der Waals surface area contributed by atoms with E-state index in [4.69, 9.17) is 4.74 Å². The molecule has 1 aromatic rings.